The van der Waals surface area contributed by atoms with Gasteiger partial charge in [0.1, 0.15) is 6.54 Å². The predicted molar refractivity (Wildman–Crippen MR) is 85.3 cm³/mol. The second-order valence-electron chi connectivity index (χ2n) is 5.78. The molecule has 1 aliphatic rings. The summed E-state index contributed by atoms with van der Waals surface area (Å²) in [5.74, 6) is 0.0630. The first-order valence-corrected chi connectivity index (χ1v) is 8.07. The quantitative estimate of drug-likeness (QED) is 0.885. The lowest BCUT2D eigenvalue weighted by Crippen LogP contribution is -2.42. The highest BCUT2D eigenvalue weighted by Crippen LogP contribution is 2.17. The van der Waals surface area contributed by atoms with E-state index in [0.29, 0.717) is 6.54 Å². The van der Waals surface area contributed by atoms with Crippen LogP contribution in [0.3, 0.4) is 0 Å². The van der Waals surface area contributed by atoms with Crippen molar-refractivity contribution in [2.24, 2.45) is 0 Å². The van der Waals surface area contributed by atoms with Gasteiger partial charge in [0.15, 0.2) is 0 Å². The second kappa shape index (κ2) is 7.82. The lowest BCUT2D eigenvalue weighted by atomic mass is 10.1. The van der Waals surface area contributed by atoms with Crippen LogP contribution in [-0.2, 0) is 17.9 Å². The number of hydrogen-bond donors (Lipinski definition) is 1. The molecule has 3 heterocycles. The monoisotopic (exact) mass is 314 g/mol. The molecule has 0 saturated carbocycles. The third-order valence-electron chi connectivity index (χ3n) is 4.13. The van der Waals surface area contributed by atoms with Gasteiger partial charge in [-0.1, -0.05) is 11.3 Å². The number of amides is 1. The van der Waals surface area contributed by atoms with Gasteiger partial charge in [0.25, 0.3) is 0 Å². The highest BCUT2D eigenvalue weighted by atomic mass is 16.2. The number of nitrogens with zero attached hydrogens (tertiary/aromatic N) is 5. The largest absolute Gasteiger partial charge is 0.332 e. The van der Waals surface area contributed by atoms with E-state index >= 15 is 0 Å². The zero-order valence-corrected chi connectivity index (χ0v) is 13.1. The first-order valence-electron chi connectivity index (χ1n) is 8.07. The first-order chi connectivity index (χ1) is 11.3. The molecule has 1 N–H and O–H groups in total. The Morgan fingerprint density at radius 1 is 1.30 bits per heavy atom. The summed E-state index contributed by atoms with van der Waals surface area (Å²) >= 11 is 0. The Balaban J connectivity index is 1.75. The van der Waals surface area contributed by atoms with E-state index in [0.717, 1.165) is 38.0 Å². The lowest BCUT2D eigenvalue weighted by Gasteiger charge is -2.31. The zero-order chi connectivity index (χ0) is 15.9. The topological polar surface area (TPSA) is 75.9 Å². The van der Waals surface area contributed by atoms with Crippen LogP contribution in [0.15, 0.2) is 36.8 Å². The van der Waals surface area contributed by atoms with Gasteiger partial charge in [0, 0.05) is 18.4 Å². The van der Waals surface area contributed by atoms with Crippen molar-refractivity contribution < 1.29 is 4.79 Å². The molecule has 122 valence electrons. The molecule has 0 spiro atoms. The minimum atomic E-state index is 0.0630. The standard InChI is InChI=1S/C16H22N6O/c23-16(13-21-11-10-19-20-21)22(12-14-4-1-2-8-18-14)15-5-3-7-17-9-6-15/h1-2,4,8,10-11,15,17H,3,5-7,9,12-13H2/t15-/m1/s1. The summed E-state index contributed by atoms with van der Waals surface area (Å²) in [4.78, 5) is 19.1. The van der Waals surface area contributed by atoms with E-state index in [9.17, 15) is 4.79 Å². The lowest BCUT2D eigenvalue weighted by molar-refractivity contribution is -0.135. The molecule has 7 heteroatoms. The van der Waals surface area contributed by atoms with E-state index < -0.39 is 0 Å². The Bertz CT molecular complexity index is 592. The molecule has 0 aliphatic carbocycles. The fourth-order valence-corrected chi connectivity index (χ4v) is 2.95. The summed E-state index contributed by atoms with van der Waals surface area (Å²) in [5.41, 5.74) is 0.914. The van der Waals surface area contributed by atoms with Gasteiger partial charge in [-0.25, -0.2) is 4.68 Å². The van der Waals surface area contributed by atoms with Gasteiger partial charge in [0.05, 0.1) is 18.4 Å². The molecule has 1 fully saturated rings. The van der Waals surface area contributed by atoms with Crippen molar-refractivity contribution in [3.05, 3.63) is 42.5 Å². The van der Waals surface area contributed by atoms with Crippen LogP contribution in [0.25, 0.3) is 0 Å². The minimum Gasteiger partial charge on any atom is -0.332 e. The molecule has 2 aromatic heterocycles. The SMILES string of the molecule is O=C(Cn1ccnn1)N(Cc1ccccn1)[C@@H]1CCCNCC1. The normalized spacial score (nSPS) is 18.3. The molecule has 0 radical (unpaired) electrons. The number of carbonyl (C=O) groups excluding carboxylic acids is 1. The Morgan fingerprint density at radius 2 is 2.26 bits per heavy atom. The van der Waals surface area contributed by atoms with Crippen molar-refractivity contribution in [1.29, 1.82) is 0 Å². The summed E-state index contributed by atoms with van der Waals surface area (Å²) in [6, 6.07) is 6.05. The average Bonchev–Trinajstić information content (AvgIpc) is 2.93. The number of carbonyl (C=O) groups is 1. The van der Waals surface area contributed by atoms with Crippen molar-refractivity contribution >= 4 is 5.91 Å². The van der Waals surface area contributed by atoms with Crippen LogP contribution < -0.4 is 5.32 Å². The van der Waals surface area contributed by atoms with Crippen molar-refractivity contribution in [2.75, 3.05) is 13.1 Å². The molecular formula is C16H22N6O. The fraction of sp³-hybridized carbons (Fsp3) is 0.500. The van der Waals surface area contributed by atoms with Crippen molar-refractivity contribution in [2.45, 2.75) is 38.4 Å². The Kier molecular flexibility index (Phi) is 5.31. The summed E-state index contributed by atoms with van der Waals surface area (Å²) in [7, 11) is 0. The molecule has 1 amide bonds. The Hall–Kier alpha value is -2.28. The molecule has 1 atom stereocenters. The van der Waals surface area contributed by atoms with E-state index in [4.69, 9.17) is 0 Å². The van der Waals surface area contributed by atoms with Crippen LogP contribution in [0, 0.1) is 0 Å². The maximum Gasteiger partial charge on any atom is 0.244 e. The summed E-state index contributed by atoms with van der Waals surface area (Å²) in [6.45, 7) is 2.72. The van der Waals surface area contributed by atoms with Crippen LogP contribution in [0.4, 0.5) is 0 Å². The maximum absolute atomic E-state index is 12.8. The zero-order valence-electron chi connectivity index (χ0n) is 13.1. The summed E-state index contributed by atoms with van der Waals surface area (Å²) in [6.07, 6.45) is 8.14. The molecule has 2 aromatic rings. The molecular weight excluding hydrogens is 292 g/mol. The van der Waals surface area contributed by atoms with Crippen molar-refractivity contribution in [3.8, 4) is 0 Å². The second-order valence-corrected chi connectivity index (χ2v) is 5.78. The van der Waals surface area contributed by atoms with Crippen LogP contribution in [0.1, 0.15) is 25.0 Å². The number of aromatic nitrogens is 4. The first kappa shape index (κ1) is 15.6. The minimum absolute atomic E-state index is 0.0630. The van der Waals surface area contributed by atoms with Gasteiger partial charge in [-0.2, -0.15) is 0 Å². The van der Waals surface area contributed by atoms with Gasteiger partial charge in [-0.05, 0) is 44.5 Å². The van der Waals surface area contributed by atoms with Gasteiger partial charge < -0.3 is 10.2 Å². The number of hydrogen-bond acceptors (Lipinski definition) is 5. The van der Waals surface area contributed by atoms with E-state index in [2.05, 4.69) is 20.6 Å². The summed E-state index contributed by atoms with van der Waals surface area (Å²) < 4.78 is 1.57. The summed E-state index contributed by atoms with van der Waals surface area (Å²) in [5, 5.41) is 11.1. The van der Waals surface area contributed by atoms with Gasteiger partial charge >= 0.3 is 0 Å². The number of nitrogens with one attached hydrogen (secondary N) is 1. The molecule has 23 heavy (non-hydrogen) atoms. The molecule has 1 saturated heterocycles. The average molecular weight is 314 g/mol. The molecule has 0 unspecified atom stereocenters. The van der Waals surface area contributed by atoms with E-state index in [1.807, 2.05) is 23.1 Å². The van der Waals surface area contributed by atoms with E-state index in [-0.39, 0.29) is 18.5 Å². The molecule has 1 aliphatic heterocycles. The van der Waals surface area contributed by atoms with Crippen LogP contribution in [0.5, 0.6) is 0 Å². The van der Waals surface area contributed by atoms with Crippen molar-refractivity contribution in [1.82, 2.24) is 30.2 Å². The third kappa shape index (κ3) is 4.35. The van der Waals surface area contributed by atoms with Crippen LogP contribution in [0.2, 0.25) is 0 Å². The van der Waals surface area contributed by atoms with Crippen molar-refractivity contribution in [3.63, 3.8) is 0 Å². The maximum atomic E-state index is 12.8. The van der Waals surface area contributed by atoms with Crippen LogP contribution in [-0.4, -0.2) is 49.9 Å². The van der Waals surface area contributed by atoms with Gasteiger partial charge in [-0.3, -0.25) is 9.78 Å². The molecule has 0 bridgehead atoms. The fourth-order valence-electron chi connectivity index (χ4n) is 2.95. The van der Waals surface area contributed by atoms with E-state index in [1.54, 1.807) is 23.3 Å². The Labute approximate surface area is 135 Å². The molecule has 0 aromatic carbocycles. The van der Waals surface area contributed by atoms with Gasteiger partial charge in [-0.15, -0.1) is 5.10 Å². The number of pyridine rings is 1. The smallest absolute Gasteiger partial charge is 0.244 e. The Morgan fingerprint density at radius 3 is 3.04 bits per heavy atom. The third-order valence-corrected chi connectivity index (χ3v) is 4.13. The molecule has 7 nitrogen and oxygen atoms in total. The van der Waals surface area contributed by atoms with E-state index in [1.165, 1.54) is 0 Å². The molecule has 3 rings (SSSR count). The van der Waals surface area contributed by atoms with Crippen LogP contribution >= 0.6 is 0 Å². The highest BCUT2D eigenvalue weighted by molar-refractivity contribution is 5.76. The highest BCUT2D eigenvalue weighted by Gasteiger charge is 2.25. The predicted octanol–water partition coefficient (Wildman–Crippen LogP) is 0.844. The van der Waals surface area contributed by atoms with Gasteiger partial charge in [0.2, 0.25) is 5.91 Å². The number of rotatable bonds is 5.